The van der Waals surface area contributed by atoms with E-state index < -0.39 is 5.60 Å². The van der Waals surface area contributed by atoms with E-state index in [-0.39, 0.29) is 24.2 Å². The summed E-state index contributed by atoms with van der Waals surface area (Å²) in [7, 11) is 1.73. The Morgan fingerprint density at radius 3 is 2.31 bits per heavy atom. The van der Waals surface area contributed by atoms with Crippen LogP contribution in [0, 0.1) is 5.41 Å². The highest BCUT2D eigenvalue weighted by atomic mass is 16.6. The first-order chi connectivity index (χ1) is 7.22. The molecule has 1 amide bonds. The molecule has 0 aromatic carbocycles. The van der Waals surface area contributed by atoms with E-state index >= 15 is 0 Å². The number of carbonyl (C=O) groups is 1. The van der Waals surface area contributed by atoms with Gasteiger partial charge in [-0.2, -0.15) is 0 Å². The number of aliphatic hydroxyl groups is 1. The largest absolute Gasteiger partial charge is 0.444 e. The van der Waals surface area contributed by atoms with Crippen LogP contribution in [0.5, 0.6) is 0 Å². The number of amides is 1. The molecule has 0 heterocycles. The van der Waals surface area contributed by atoms with Crippen LogP contribution in [0.25, 0.3) is 0 Å². The highest BCUT2D eigenvalue weighted by Crippen LogP contribution is 2.49. The Hall–Kier alpha value is -0.770. The standard InChI is InChI=1S/C12H23NO3/c1-9(12(8-14)6-7-12)13(5)10(15)16-11(2,3)4/h9,14H,6-8H2,1-5H3. The van der Waals surface area contributed by atoms with Gasteiger partial charge in [-0.1, -0.05) is 0 Å². The summed E-state index contributed by atoms with van der Waals surface area (Å²) in [4.78, 5) is 13.4. The minimum Gasteiger partial charge on any atom is -0.444 e. The molecule has 1 rings (SSSR count). The van der Waals surface area contributed by atoms with Crippen molar-refractivity contribution in [1.29, 1.82) is 0 Å². The third kappa shape index (κ3) is 2.88. The van der Waals surface area contributed by atoms with Crippen molar-refractivity contribution in [3.63, 3.8) is 0 Å². The fourth-order valence-electron chi connectivity index (χ4n) is 1.77. The Labute approximate surface area is 97.6 Å². The average Bonchev–Trinajstić information content (AvgIpc) is 2.93. The lowest BCUT2D eigenvalue weighted by atomic mass is 9.98. The molecule has 1 aliphatic carbocycles. The highest BCUT2D eigenvalue weighted by molar-refractivity contribution is 5.68. The van der Waals surface area contributed by atoms with Crippen molar-refractivity contribution in [1.82, 2.24) is 4.90 Å². The topological polar surface area (TPSA) is 49.8 Å². The maximum absolute atomic E-state index is 11.8. The van der Waals surface area contributed by atoms with Crippen molar-refractivity contribution >= 4 is 6.09 Å². The van der Waals surface area contributed by atoms with Crippen LogP contribution in [0.15, 0.2) is 0 Å². The third-order valence-electron chi connectivity index (χ3n) is 3.36. The Morgan fingerprint density at radius 2 is 2.00 bits per heavy atom. The molecule has 1 saturated carbocycles. The van der Waals surface area contributed by atoms with Crippen molar-refractivity contribution in [2.45, 2.75) is 52.2 Å². The van der Waals surface area contributed by atoms with Crippen molar-refractivity contribution in [3.8, 4) is 0 Å². The fraction of sp³-hybridized carbons (Fsp3) is 0.917. The second-order valence-corrected chi connectivity index (χ2v) is 5.79. The molecule has 1 atom stereocenters. The van der Waals surface area contributed by atoms with Gasteiger partial charge in [0.25, 0.3) is 0 Å². The van der Waals surface area contributed by atoms with Gasteiger partial charge in [0.1, 0.15) is 5.60 Å². The normalized spacial score (nSPS) is 20.1. The van der Waals surface area contributed by atoms with Crippen LogP contribution < -0.4 is 0 Å². The predicted molar refractivity (Wildman–Crippen MR) is 62.2 cm³/mol. The van der Waals surface area contributed by atoms with Crippen LogP contribution in [0.1, 0.15) is 40.5 Å². The first-order valence-corrected chi connectivity index (χ1v) is 5.78. The molecule has 0 aromatic rings. The molecule has 94 valence electrons. The van der Waals surface area contributed by atoms with E-state index in [1.54, 1.807) is 11.9 Å². The van der Waals surface area contributed by atoms with Gasteiger partial charge < -0.3 is 14.7 Å². The maximum atomic E-state index is 11.8. The zero-order chi connectivity index (χ0) is 12.6. The van der Waals surface area contributed by atoms with Crippen LogP contribution in [0.2, 0.25) is 0 Å². The molecule has 1 N–H and O–H groups in total. The lowest BCUT2D eigenvalue weighted by Gasteiger charge is -2.32. The molecule has 1 fully saturated rings. The Morgan fingerprint density at radius 1 is 1.50 bits per heavy atom. The number of aliphatic hydroxyl groups excluding tert-OH is 1. The molecule has 1 unspecified atom stereocenters. The lowest BCUT2D eigenvalue weighted by molar-refractivity contribution is 0.0122. The summed E-state index contributed by atoms with van der Waals surface area (Å²) in [5, 5.41) is 9.31. The summed E-state index contributed by atoms with van der Waals surface area (Å²) in [5.41, 5.74) is -0.563. The summed E-state index contributed by atoms with van der Waals surface area (Å²) < 4.78 is 5.29. The zero-order valence-corrected chi connectivity index (χ0v) is 10.9. The zero-order valence-electron chi connectivity index (χ0n) is 10.9. The van der Waals surface area contributed by atoms with Gasteiger partial charge in [0.05, 0.1) is 6.61 Å². The molecular formula is C12H23NO3. The molecule has 4 nitrogen and oxygen atoms in total. The van der Waals surface area contributed by atoms with E-state index in [0.717, 1.165) is 12.8 Å². The number of carbonyl (C=O) groups excluding carboxylic acids is 1. The first kappa shape index (κ1) is 13.3. The number of ether oxygens (including phenoxy) is 1. The molecule has 0 spiro atoms. The van der Waals surface area contributed by atoms with Crippen LogP contribution >= 0.6 is 0 Å². The molecule has 0 bridgehead atoms. The predicted octanol–water partition coefficient (Wildman–Crippen LogP) is 2.01. The van der Waals surface area contributed by atoms with Gasteiger partial charge in [-0.25, -0.2) is 4.79 Å². The van der Waals surface area contributed by atoms with E-state index in [1.807, 2.05) is 27.7 Å². The van der Waals surface area contributed by atoms with Gasteiger partial charge in [-0.15, -0.1) is 0 Å². The molecule has 0 radical (unpaired) electrons. The minimum absolute atomic E-state index is 0.0207. The van der Waals surface area contributed by atoms with E-state index in [1.165, 1.54) is 0 Å². The van der Waals surface area contributed by atoms with Crippen LogP contribution in [-0.2, 0) is 4.74 Å². The Kier molecular flexibility index (Phi) is 3.53. The lowest BCUT2D eigenvalue weighted by Crippen LogP contribution is -2.44. The summed E-state index contributed by atoms with van der Waals surface area (Å²) >= 11 is 0. The summed E-state index contributed by atoms with van der Waals surface area (Å²) in [6.45, 7) is 7.65. The highest BCUT2D eigenvalue weighted by Gasteiger charge is 2.49. The van der Waals surface area contributed by atoms with Crippen molar-refractivity contribution in [2.24, 2.45) is 5.41 Å². The van der Waals surface area contributed by atoms with E-state index in [2.05, 4.69) is 0 Å². The van der Waals surface area contributed by atoms with E-state index in [4.69, 9.17) is 4.74 Å². The van der Waals surface area contributed by atoms with Crippen molar-refractivity contribution < 1.29 is 14.6 Å². The summed E-state index contributed by atoms with van der Waals surface area (Å²) in [6, 6.07) is 0.0207. The SMILES string of the molecule is CC(N(C)C(=O)OC(C)(C)C)C1(CO)CC1. The van der Waals surface area contributed by atoms with Gasteiger partial charge in [0.2, 0.25) is 0 Å². The molecular weight excluding hydrogens is 206 g/mol. The van der Waals surface area contributed by atoms with Crippen molar-refractivity contribution in [3.05, 3.63) is 0 Å². The maximum Gasteiger partial charge on any atom is 0.410 e. The Balaban J connectivity index is 2.57. The molecule has 0 aromatic heterocycles. The second kappa shape index (κ2) is 4.24. The number of rotatable bonds is 3. The van der Waals surface area contributed by atoms with Crippen LogP contribution in [0.4, 0.5) is 4.79 Å². The second-order valence-electron chi connectivity index (χ2n) is 5.79. The smallest absolute Gasteiger partial charge is 0.410 e. The average molecular weight is 229 g/mol. The van der Waals surface area contributed by atoms with Crippen molar-refractivity contribution in [2.75, 3.05) is 13.7 Å². The van der Waals surface area contributed by atoms with E-state index in [9.17, 15) is 9.90 Å². The van der Waals surface area contributed by atoms with Gasteiger partial charge in [-0.3, -0.25) is 0 Å². The fourth-order valence-corrected chi connectivity index (χ4v) is 1.77. The summed E-state index contributed by atoms with van der Waals surface area (Å²) in [5.74, 6) is 0. The van der Waals surface area contributed by atoms with Crippen LogP contribution in [-0.4, -0.2) is 41.4 Å². The summed E-state index contributed by atoms with van der Waals surface area (Å²) in [6.07, 6.45) is 1.65. The Bertz CT molecular complexity index is 266. The van der Waals surface area contributed by atoms with Gasteiger partial charge in [0, 0.05) is 18.5 Å². The number of hydrogen-bond acceptors (Lipinski definition) is 3. The molecule has 4 heteroatoms. The van der Waals surface area contributed by atoms with Crippen LogP contribution in [0.3, 0.4) is 0 Å². The first-order valence-electron chi connectivity index (χ1n) is 5.78. The number of hydrogen-bond donors (Lipinski definition) is 1. The molecule has 0 saturated heterocycles. The molecule has 1 aliphatic rings. The van der Waals surface area contributed by atoms with Gasteiger partial charge in [-0.05, 0) is 40.5 Å². The quantitative estimate of drug-likeness (QED) is 0.805. The van der Waals surface area contributed by atoms with Gasteiger partial charge in [0.15, 0.2) is 0 Å². The van der Waals surface area contributed by atoms with Gasteiger partial charge >= 0.3 is 6.09 Å². The molecule has 16 heavy (non-hydrogen) atoms. The monoisotopic (exact) mass is 229 g/mol. The molecule has 0 aliphatic heterocycles. The minimum atomic E-state index is -0.471. The van der Waals surface area contributed by atoms with E-state index in [0.29, 0.717) is 0 Å². The third-order valence-corrected chi connectivity index (χ3v) is 3.36. The number of nitrogens with zero attached hydrogens (tertiary/aromatic N) is 1.